The number of carbonyl (C=O) groups excluding carboxylic acids is 1. The number of nitrogens with zero attached hydrogens (tertiary/aromatic N) is 6. The Balaban J connectivity index is 1.04. The van der Waals surface area contributed by atoms with Gasteiger partial charge in [-0.1, -0.05) is 6.42 Å². The second kappa shape index (κ2) is 8.63. The normalized spacial score (nSPS) is 25.3. The van der Waals surface area contributed by atoms with Gasteiger partial charge in [0.15, 0.2) is 0 Å². The highest BCUT2D eigenvalue weighted by Crippen LogP contribution is 2.31. The Labute approximate surface area is 190 Å². The molecule has 1 aromatic heterocycles. The number of piperazine rings is 1. The van der Waals surface area contributed by atoms with Gasteiger partial charge in [0.1, 0.15) is 0 Å². The Hall–Kier alpha value is -2.19. The lowest BCUT2D eigenvalue weighted by molar-refractivity contribution is -0.135. The maximum Gasteiger partial charge on any atom is 0.236 e. The van der Waals surface area contributed by atoms with Crippen LogP contribution in [0.3, 0.4) is 0 Å². The van der Waals surface area contributed by atoms with Gasteiger partial charge in [-0.2, -0.15) is 5.10 Å². The first-order valence-electron chi connectivity index (χ1n) is 12.5. The summed E-state index contributed by atoms with van der Waals surface area (Å²) in [5.41, 5.74) is 4.82. The summed E-state index contributed by atoms with van der Waals surface area (Å²) in [7, 11) is 0. The van der Waals surface area contributed by atoms with Crippen LogP contribution in [0.4, 0.5) is 0 Å². The van der Waals surface area contributed by atoms with Crippen molar-refractivity contribution in [1.82, 2.24) is 29.8 Å². The Morgan fingerprint density at radius 3 is 2.69 bits per heavy atom. The first-order valence-corrected chi connectivity index (χ1v) is 12.5. The van der Waals surface area contributed by atoms with E-state index in [2.05, 4.69) is 32.4 Å². The minimum atomic E-state index is 0.284. The Morgan fingerprint density at radius 1 is 1.09 bits per heavy atom. The van der Waals surface area contributed by atoms with Crippen LogP contribution in [0.2, 0.25) is 0 Å². The number of hydrogen-bond donors (Lipinski definition) is 1. The third kappa shape index (κ3) is 4.22. The van der Waals surface area contributed by atoms with E-state index in [1.54, 1.807) is 0 Å². The second-order valence-electron chi connectivity index (χ2n) is 10.1. The summed E-state index contributed by atoms with van der Waals surface area (Å²) < 4.78 is 2.00. The standard InChI is InChI=1S/C24H35N7O/c32-24(30-10-8-29(9-11-30)20-2-1-3-20)17-28-7-6-22-19(15-28)16-31(27-22)21-12-25-14-23(26-13-21)18-4-5-18/h12,16,18,20,25H,1-11,13-15,17H2. The summed E-state index contributed by atoms with van der Waals surface area (Å²) in [5.74, 6) is 0.986. The molecule has 8 heteroatoms. The fraction of sp³-hybridized carbons (Fsp3) is 0.708. The maximum atomic E-state index is 12.9. The molecule has 3 fully saturated rings. The molecular formula is C24H35N7O. The van der Waals surface area contributed by atoms with Crippen molar-refractivity contribution in [2.75, 3.05) is 52.4 Å². The highest BCUT2D eigenvalue weighted by Gasteiger charge is 2.31. The number of carbonyl (C=O) groups is 1. The zero-order chi connectivity index (χ0) is 21.5. The summed E-state index contributed by atoms with van der Waals surface area (Å²) in [4.78, 5) is 24.7. The van der Waals surface area contributed by atoms with Gasteiger partial charge in [0.2, 0.25) is 5.91 Å². The molecule has 172 valence electrons. The van der Waals surface area contributed by atoms with Crippen LogP contribution in [0.5, 0.6) is 0 Å². The van der Waals surface area contributed by atoms with Crippen molar-refractivity contribution in [3.05, 3.63) is 23.7 Å². The van der Waals surface area contributed by atoms with Crippen LogP contribution in [0, 0.1) is 5.92 Å². The van der Waals surface area contributed by atoms with Crippen LogP contribution in [-0.4, -0.2) is 94.5 Å². The molecular weight excluding hydrogens is 402 g/mol. The molecule has 6 rings (SSSR count). The van der Waals surface area contributed by atoms with Gasteiger partial charge in [-0.05, 0) is 31.6 Å². The Bertz CT molecular complexity index is 919. The van der Waals surface area contributed by atoms with Gasteiger partial charge >= 0.3 is 0 Å². The molecule has 1 amide bonds. The van der Waals surface area contributed by atoms with E-state index >= 15 is 0 Å². The third-order valence-electron chi connectivity index (χ3n) is 7.89. The first kappa shape index (κ1) is 20.4. The highest BCUT2D eigenvalue weighted by atomic mass is 16.2. The fourth-order valence-corrected chi connectivity index (χ4v) is 5.42. The molecule has 1 N–H and O–H groups in total. The van der Waals surface area contributed by atoms with Crippen molar-refractivity contribution in [2.45, 2.75) is 51.1 Å². The molecule has 32 heavy (non-hydrogen) atoms. The van der Waals surface area contributed by atoms with Crippen molar-refractivity contribution >= 4 is 17.3 Å². The molecule has 2 saturated carbocycles. The lowest BCUT2D eigenvalue weighted by atomic mass is 9.91. The largest absolute Gasteiger partial charge is 0.384 e. The molecule has 5 aliphatic rings. The molecule has 0 atom stereocenters. The van der Waals surface area contributed by atoms with Crippen LogP contribution < -0.4 is 5.32 Å². The highest BCUT2D eigenvalue weighted by molar-refractivity contribution is 5.91. The second-order valence-corrected chi connectivity index (χ2v) is 10.1. The molecule has 4 heterocycles. The fourth-order valence-electron chi connectivity index (χ4n) is 5.42. The van der Waals surface area contributed by atoms with E-state index < -0.39 is 0 Å². The van der Waals surface area contributed by atoms with Gasteiger partial charge in [0.05, 0.1) is 31.0 Å². The van der Waals surface area contributed by atoms with Crippen molar-refractivity contribution in [3.63, 3.8) is 0 Å². The summed E-state index contributed by atoms with van der Waals surface area (Å²) >= 11 is 0. The van der Waals surface area contributed by atoms with E-state index in [0.29, 0.717) is 19.0 Å². The van der Waals surface area contributed by atoms with Gasteiger partial charge in [0.25, 0.3) is 0 Å². The van der Waals surface area contributed by atoms with E-state index in [-0.39, 0.29) is 5.91 Å². The number of rotatable bonds is 5. The van der Waals surface area contributed by atoms with E-state index in [9.17, 15) is 4.79 Å². The van der Waals surface area contributed by atoms with Crippen LogP contribution in [0.1, 0.15) is 43.4 Å². The van der Waals surface area contributed by atoms with Gasteiger partial charge in [-0.3, -0.25) is 19.6 Å². The lowest BCUT2D eigenvalue weighted by Crippen LogP contribution is -2.55. The van der Waals surface area contributed by atoms with Gasteiger partial charge in [0, 0.05) is 75.4 Å². The monoisotopic (exact) mass is 437 g/mol. The minimum Gasteiger partial charge on any atom is -0.384 e. The Morgan fingerprint density at radius 2 is 1.94 bits per heavy atom. The average molecular weight is 438 g/mol. The average Bonchev–Trinajstić information content (AvgIpc) is 3.56. The van der Waals surface area contributed by atoms with Crippen molar-refractivity contribution < 1.29 is 4.79 Å². The number of fused-ring (bicyclic) bond motifs is 1. The molecule has 0 aromatic carbocycles. The minimum absolute atomic E-state index is 0.284. The molecule has 0 radical (unpaired) electrons. The van der Waals surface area contributed by atoms with Crippen molar-refractivity contribution in [2.24, 2.45) is 10.9 Å². The quantitative estimate of drug-likeness (QED) is 0.750. The number of aromatic nitrogens is 2. The van der Waals surface area contributed by atoms with Gasteiger partial charge in [-0.15, -0.1) is 0 Å². The molecule has 3 aliphatic heterocycles. The predicted molar refractivity (Wildman–Crippen MR) is 124 cm³/mol. The summed E-state index contributed by atoms with van der Waals surface area (Å²) in [6, 6.07) is 0.786. The molecule has 2 aliphatic carbocycles. The van der Waals surface area contributed by atoms with E-state index in [0.717, 1.165) is 64.0 Å². The summed E-state index contributed by atoms with van der Waals surface area (Å²) in [5, 5.41) is 8.27. The summed E-state index contributed by atoms with van der Waals surface area (Å²) in [6.07, 6.45) is 11.8. The number of hydrogen-bond acceptors (Lipinski definition) is 6. The smallest absolute Gasteiger partial charge is 0.236 e. The number of aliphatic imine (C=N–C) groups is 1. The van der Waals surface area contributed by atoms with Gasteiger partial charge < -0.3 is 10.2 Å². The van der Waals surface area contributed by atoms with E-state index in [4.69, 9.17) is 10.1 Å². The third-order valence-corrected chi connectivity index (χ3v) is 7.89. The molecule has 0 bridgehead atoms. The van der Waals surface area contributed by atoms with Crippen LogP contribution in [0.15, 0.2) is 17.4 Å². The topological polar surface area (TPSA) is 69.0 Å². The van der Waals surface area contributed by atoms with Crippen LogP contribution in [0.25, 0.3) is 5.70 Å². The van der Waals surface area contributed by atoms with Crippen molar-refractivity contribution in [1.29, 1.82) is 0 Å². The molecule has 0 unspecified atom stereocenters. The zero-order valence-electron chi connectivity index (χ0n) is 19.0. The maximum absolute atomic E-state index is 12.9. The SMILES string of the molecule is O=C(CN1CCc2nn(C3=CNCC(C4CC4)=NC3)cc2C1)N1CCN(C2CCC2)CC1. The molecule has 8 nitrogen and oxygen atoms in total. The van der Waals surface area contributed by atoms with Crippen molar-refractivity contribution in [3.8, 4) is 0 Å². The molecule has 1 saturated heterocycles. The number of nitrogens with one attached hydrogen (secondary N) is 1. The number of amides is 1. The van der Waals surface area contributed by atoms with E-state index in [1.807, 2.05) is 4.68 Å². The predicted octanol–water partition coefficient (Wildman–Crippen LogP) is 1.19. The summed E-state index contributed by atoms with van der Waals surface area (Å²) in [6.45, 7) is 7.64. The molecule has 0 spiro atoms. The first-order chi connectivity index (χ1) is 15.7. The Kier molecular flexibility index (Phi) is 5.51. The van der Waals surface area contributed by atoms with Gasteiger partial charge in [-0.25, -0.2) is 4.68 Å². The van der Waals surface area contributed by atoms with E-state index in [1.165, 1.54) is 49.1 Å². The van der Waals surface area contributed by atoms with Crippen LogP contribution in [-0.2, 0) is 17.8 Å². The van der Waals surface area contributed by atoms with Crippen LogP contribution >= 0.6 is 0 Å². The lowest BCUT2D eigenvalue weighted by Gasteiger charge is -2.43. The molecule has 1 aromatic rings. The zero-order valence-corrected chi connectivity index (χ0v) is 19.0.